The molecule has 0 aliphatic heterocycles. The second kappa shape index (κ2) is 27.8. The molecule has 71 heavy (non-hydrogen) atoms. The summed E-state index contributed by atoms with van der Waals surface area (Å²) in [5, 5.41) is 21.3. The number of nitrogens with one attached hydrogen (secondary N) is 3. The Balaban J connectivity index is 1.28. The SMILES string of the molecule is CCCCC(C(O)C(=O)N[C@H](C)c1ccccc1)N(CC1(CCCc2ccccc2)CCC1)C(=O)OC(C(=O)N[C@H](C)c1ccccc1)[C@H](CCCC)NC(=O)OCC1(CCCc2ccccc2)CCC1. The van der Waals surface area contributed by atoms with Crippen LogP contribution in [0.5, 0.6) is 0 Å². The quantitative estimate of drug-likeness (QED) is 0.0424. The normalized spacial score (nSPS) is 17.1. The third-order valence-corrected chi connectivity index (χ3v) is 15.3. The van der Waals surface area contributed by atoms with E-state index in [2.05, 4.69) is 52.3 Å². The molecule has 0 aromatic heterocycles. The van der Waals surface area contributed by atoms with Crippen molar-refractivity contribution in [3.05, 3.63) is 144 Å². The van der Waals surface area contributed by atoms with Gasteiger partial charge in [0.2, 0.25) is 6.10 Å². The Bertz CT molecular complexity index is 2200. The van der Waals surface area contributed by atoms with Gasteiger partial charge in [0.05, 0.1) is 30.8 Å². The molecule has 2 fully saturated rings. The largest absolute Gasteiger partial charge is 0.449 e. The van der Waals surface area contributed by atoms with Gasteiger partial charge in [-0.15, -0.1) is 0 Å². The van der Waals surface area contributed by atoms with Crippen LogP contribution < -0.4 is 16.0 Å². The lowest BCUT2D eigenvalue weighted by molar-refractivity contribution is -0.137. The van der Waals surface area contributed by atoms with Gasteiger partial charge in [-0.05, 0) is 119 Å². The van der Waals surface area contributed by atoms with E-state index in [1.54, 1.807) is 4.90 Å². The molecule has 6 rings (SSSR count). The number of aliphatic hydroxyl groups is 1. The van der Waals surface area contributed by atoms with Crippen molar-refractivity contribution in [2.75, 3.05) is 13.2 Å². The van der Waals surface area contributed by atoms with Crippen LogP contribution in [0.3, 0.4) is 0 Å². The van der Waals surface area contributed by atoms with Gasteiger partial charge >= 0.3 is 12.2 Å². The predicted octanol–water partition coefficient (Wildman–Crippen LogP) is 12.1. The van der Waals surface area contributed by atoms with Gasteiger partial charge in [-0.25, -0.2) is 9.59 Å². The number of nitrogens with zero attached hydrogens (tertiary/aromatic N) is 1. The molecule has 4 aromatic rings. The Labute approximate surface area is 424 Å². The van der Waals surface area contributed by atoms with Crippen molar-refractivity contribution in [3.63, 3.8) is 0 Å². The van der Waals surface area contributed by atoms with Gasteiger partial charge in [0.25, 0.3) is 11.8 Å². The Morgan fingerprint density at radius 2 is 1.07 bits per heavy atom. The first-order valence-corrected chi connectivity index (χ1v) is 26.8. The molecule has 0 saturated heterocycles. The highest BCUT2D eigenvalue weighted by Gasteiger charge is 2.46. The van der Waals surface area contributed by atoms with Crippen LogP contribution in [0.15, 0.2) is 121 Å². The van der Waals surface area contributed by atoms with E-state index >= 15 is 4.79 Å². The van der Waals surface area contributed by atoms with Crippen molar-refractivity contribution in [3.8, 4) is 0 Å². The number of rotatable bonds is 29. The number of aliphatic hydroxyl groups excluding tert-OH is 1. The zero-order valence-electron chi connectivity index (χ0n) is 43.0. The smallest absolute Gasteiger partial charge is 0.411 e. The Morgan fingerprint density at radius 1 is 0.606 bits per heavy atom. The summed E-state index contributed by atoms with van der Waals surface area (Å²) in [6.07, 6.45) is 10.2. The minimum Gasteiger partial charge on any atom is -0.449 e. The molecule has 2 aliphatic carbocycles. The lowest BCUT2D eigenvalue weighted by Gasteiger charge is -2.47. The summed E-state index contributed by atoms with van der Waals surface area (Å²) < 4.78 is 12.6. The van der Waals surface area contributed by atoms with Crippen molar-refractivity contribution in [1.29, 1.82) is 0 Å². The highest BCUT2D eigenvalue weighted by molar-refractivity contribution is 5.86. The molecule has 11 heteroatoms. The molecule has 0 spiro atoms. The van der Waals surface area contributed by atoms with Gasteiger partial charge in [-0.2, -0.15) is 0 Å². The van der Waals surface area contributed by atoms with Crippen LogP contribution in [0.4, 0.5) is 9.59 Å². The highest BCUT2D eigenvalue weighted by atomic mass is 16.6. The number of unbranched alkanes of at least 4 members (excludes halogenated alkanes) is 2. The summed E-state index contributed by atoms with van der Waals surface area (Å²) in [5.74, 6) is -1.15. The molecule has 6 atom stereocenters. The fraction of sp³-hybridized carbons (Fsp3) is 0.533. The van der Waals surface area contributed by atoms with Crippen molar-refractivity contribution >= 4 is 24.0 Å². The lowest BCUT2D eigenvalue weighted by atomic mass is 9.65. The Morgan fingerprint density at radius 3 is 1.55 bits per heavy atom. The van der Waals surface area contributed by atoms with Crippen LogP contribution in [0.1, 0.15) is 165 Å². The molecule has 0 heterocycles. The van der Waals surface area contributed by atoms with E-state index in [0.717, 1.165) is 101 Å². The molecule has 4 aromatic carbocycles. The number of amides is 4. The zero-order chi connectivity index (χ0) is 50.5. The third kappa shape index (κ3) is 16.4. The topological polar surface area (TPSA) is 146 Å². The Hall–Kier alpha value is -5.68. The van der Waals surface area contributed by atoms with Crippen LogP contribution in [0.2, 0.25) is 0 Å². The van der Waals surface area contributed by atoms with Crippen LogP contribution in [-0.2, 0) is 31.9 Å². The first-order valence-electron chi connectivity index (χ1n) is 26.8. The average Bonchev–Trinajstić information content (AvgIpc) is 3.37. The summed E-state index contributed by atoms with van der Waals surface area (Å²) in [6, 6.07) is 37.2. The van der Waals surface area contributed by atoms with Gasteiger partial charge in [0, 0.05) is 12.0 Å². The first kappa shape index (κ1) is 54.6. The van der Waals surface area contributed by atoms with Crippen molar-refractivity contribution in [1.82, 2.24) is 20.9 Å². The summed E-state index contributed by atoms with van der Waals surface area (Å²) in [4.78, 5) is 60.0. The summed E-state index contributed by atoms with van der Waals surface area (Å²) in [5.41, 5.74) is 3.90. The maximum Gasteiger partial charge on any atom is 0.411 e. The van der Waals surface area contributed by atoms with Crippen molar-refractivity contribution < 1.29 is 33.8 Å². The number of ether oxygens (including phenoxy) is 2. The highest BCUT2D eigenvalue weighted by Crippen LogP contribution is 2.47. The van der Waals surface area contributed by atoms with E-state index in [4.69, 9.17) is 9.47 Å². The van der Waals surface area contributed by atoms with Gasteiger partial charge in [-0.1, -0.05) is 174 Å². The third-order valence-electron chi connectivity index (χ3n) is 15.3. The molecular weight excluding hydrogens is 889 g/mol. The molecule has 4 N–H and O–H groups in total. The number of benzene rings is 4. The predicted molar refractivity (Wildman–Crippen MR) is 281 cm³/mol. The molecule has 3 unspecified atom stereocenters. The van der Waals surface area contributed by atoms with E-state index in [-0.39, 0.29) is 24.0 Å². The number of hydrogen-bond donors (Lipinski definition) is 4. The van der Waals surface area contributed by atoms with E-state index in [1.165, 1.54) is 11.1 Å². The monoisotopic (exact) mass is 971 g/mol. The second-order valence-electron chi connectivity index (χ2n) is 20.7. The lowest BCUT2D eigenvalue weighted by Crippen LogP contribution is -2.59. The van der Waals surface area contributed by atoms with E-state index in [1.807, 2.05) is 113 Å². The molecule has 2 saturated carbocycles. The number of aryl methyl sites for hydroxylation is 2. The Kier molecular flexibility index (Phi) is 21.4. The minimum absolute atomic E-state index is 0.0992. The van der Waals surface area contributed by atoms with E-state index in [0.29, 0.717) is 25.7 Å². The van der Waals surface area contributed by atoms with Gasteiger partial charge in [-0.3, -0.25) is 9.59 Å². The number of hydrogen-bond acceptors (Lipinski definition) is 7. The molecular formula is C60H82N4O7. The fourth-order valence-corrected chi connectivity index (χ4v) is 10.6. The fourth-order valence-electron chi connectivity index (χ4n) is 10.6. The van der Waals surface area contributed by atoms with Crippen molar-refractivity contribution in [2.24, 2.45) is 10.8 Å². The molecule has 0 radical (unpaired) electrons. The summed E-state index contributed by atoms with van der Waals surface area (Å²) >= 11 is 0. The second-order valence-corrected chi connectivity index (χ2v) is 20.7. The minimum atomic E-state index is -1.59. The first-order chi connectivity index (χ1) is 34.4. The van der Waals surface area contributed by atoms with E-state index < -0.39 is 60.4 Å². The van der Waals surface area contributed by atoms with Crippen molar-refractivity contribution in [2.45, 2.75) is 180 Å². The maximum absolute atomic E-state index is 15.4. The van der Waals surface area contributed by atoms with Crippen LogP contribution >= 0.6 is 0 Å². The molecule has 2 aliphatic rings. The van der Waals surface area contributed by atoms with Gasteiger partial charge < -0.3 is 35.4 Å². The van der Waals surface area contributed by atoms with Crippen LogP contribution in [0, 0.1) is 10.8 Å². The molecule has 11 nitrogen and oxygen atoms in total. The zero-order valence-corrected chi connectivity index (χ0v) is 43.0. The van der Waals surface area contributed by atoms with Gasteiger partial charge in [0.15, 0.2) is 6.10 Å². The summed E-state index contributed by atoms with van der Waals surface area (Å²) in [7, 11) is 0. The van der Waals surface area contributed by atoms with E-state index in [9.17, 15) is 19.5 Å². The number of carbonyl (C=O) groups excluding carboxylic acids is 4. The molecule has 384 valence electrons. The standard InChI is InChI=1S/C60H82N4O7/c1-5-7-35-51(63-57(68)70-44-60(41-24-42-60)38-22-30-48-27-15-10-16-28-48)54(56(67)62-46(4)50-33-19-12-20-34-50)71-58(69)64(43-59(39-23-40-59)37-21-29-47-25-13-9-14-26-47)52(36-8-6-2)53(65)55(66)61-45(3)49-31-17-11-18-32-49/h9-20,25-28,31-34,45-46,51-54,65H,5-8,21-24,29-30,35-44H2,1-4H3,(H,61,66)(H,62,67)(H,63,68)/t45-,46-,51+,52?,53?,54?/m1/s1. The number of carbonyl (C=O) groups is 4. The number of alkyl carbamates (subject to hydrolysis) is 1. The maximum atomic E-state index is 15.4. The van der Waals surface area contributed by atoms with Gasteiger partial charge in [0.1, 0.15) is 0 Å². The average molecular weight is 971 g/mol. The molecule has 0 bridgehead atoms. The van der Waals surface area contributed by atoms with Crippen LogP contribution in [-0.4, -0.2) is 71.5 Å². The van der Waals surface area contributed by atoms with Crippen LogP contribution in [0.25, 0.3) is 0 Å². The summed E-state index contributed by atoms with van der Waals surface area (Å²) in [6.45, 7) is 8.32. The molecule has 4 amide bonds.